The average Bonchev–Trinajstić information content (AvgIpc) is 3.40. The molecule has 3 aromatic carbocycles. The van der Waals surface area contributed by atoms with Crippen LogP contribution >= 0.6 is 38.6 Å². The molecule has 5 nitrogen and oxygen atoms in total. The Morgan fingerprint density at radius 3 is 2.68 bits per heavy atom. The Morgan fingerprint density at radius 1 is 1.03 bits per heavy atom. The number of anilines is 1. The number of hydrazone groups is 1. The van der Waals surface area contributed by atoms with Crippen molar-refractivity contribution in [3.63, 3.8) is 0 Å². The van der Waals surface area contributed by atoms with Gasteiger partial charge in [0.05, 0.1) is 32.2 Å². The molecule has 0 spiro atoms. The highest BCUT2D eigenvalue weighted by Gasteiger charge is 2.22. The third-order valence-corrected chi connectivity index (χ3v) is 6.80. The second-order valence-corrected chi connectivity index (χ2v) is 9.37. The van der Waals surface area contributed by atoms with Gasteiger partial charge in [0.25, 0.3) is 5.91 Å². The predicted octanol–water partition coefficient (Wildman–Crippen LogP) is 6.49. The predicted molar refractivity (Wildman–Crippen MR) is 128 cm³/mol. The number of rotatable bonds is 4. The van der Waals surface area contributed by atoms with Gasteiger partial charge in [0, 0.05) is 10.0 Å². The van der Waals surface area contributed by atoms with Crippen LogP contribution in [0.5, 0.6) is 0 Å². The van der Waals surface area contributed by atoms with Crippen LogP contribution in [-0.4, -0.2) is 22.1 Å². The normalized spacial score (nSPS) is 11.5. The average molecular weight is 511 g/mol. The number of carbonyl (C=O) groups excluding carboxylic acids is 1. The molecule has 0 atom stereocenters. The largest absolute Gasteiger partial charge is 0.280 e. The molecule has 5 rings (SSSR count). The lowest BCUT2D eigenvalue weighted by molar-refractivity contribution is 0.0988. The van der Waals surface area contributed by atoms with E-state index in [1.54, 1.807) is 29.9 Å². The number of carbonyl (C=O) groups is 1. The number of amides is 1. The minimum Gasteiger partial charge on any atom is -0.267 e. The zero-order chi connectivity index (χ0) is 21.4. The first kappa shape index (κ1) is 19.9. The highest BCUT2D eigenvalue weighted by molar-refractivity contribution is 9.10. The number of thiazole rings is 2. The van der Waals surface area contributed by atoms with Gasteiger partial charge >= 0.3 is 0 Å². The molecule has 0 radical (unpaired) electrons. The molecule has 0 aliphatic carbocycles. The van der Waals surface area contributed by atoms with Crippen LogP contribution in [0.15, 0.2) is 75.7 Å². The first-order valence-electron chi connectivity index (χ1n) is 9.10. The Hall–Kier alpha value is -3.01. The van der Waals surface area contributed by atoms with Gasteiger partial charge in [-0.2, -0.15) is 10.1 Å². The summed E-state index contributed by atoms with van der Waals surface area (Å²) in [5.74, 6) is -0.683. The van der Waals surface area contributed by atoms with Crippen molar-refractivity contribution in [3.05, 3.63) is 87.6 Å². The van der Waals surface area contributed by atoms with Gasteiger partial charge < -0.3 is 0 Å². The van der Waals surface area contributed by atoms with Crippen LogP contribution in [0.3, 0.4) is 0 Å². The first-order valence-corrected chi connectivity index (χ1v) is 11.6. The molecule has 0 aliphatic heterocycles. The molecule has 0 saturated heterocycles. The Kier molecular flexibility index (Phi) is 5.31. The molecule has 0 N–H and O–H groups in total. The van der Waals surface area contributed by atoms with E-state index in [4.69, 9.17) is 0 Å². The van der Waals surface area contributed by atoms with Crippen molar-refractivity contribution in [1.82, 2.24) is 9.97 Å². The van der Waals surface area contributed by atoms with E-state index in [0.29, 0.717) is 20.9 Å². The minimum atomic E-state index is -0.352. The van der Waals surface area contributed by atoms with E-state index < -0.39 is 0 Å². The number of fused-ring (bicyclic) bond motifs is 2. The van der Waals surface area contributed by atoms with Crippen LogP contribution in [0.2, 0.25) is 0 Å². The Bertz CT molecular complexity index is 1450. The van der Waals surface area contributed by atoms with Crippen LogP contribution < -0.4 is 5.01 Å². The summed E-state index contributed by atoms with van der Waals surface area (Å²) >= 11 is 6.08. The molecule has 0 saturated carbocycles. The molecule has 2 aromatic heterocycles. The summed E-state index contributed by atoms with van der Waals surface area (Å²) in [6, 6.07) is 17.2. The molecule has 31 heavy (non-hydrogen) atoms. The van der Waals surface area contributed by atoms with Crippen molar-refractivity contribution in [1.29, 1.82) is 0 Å². The molecular weight excluding hydrogens is 499 g/mol. The van der Waals surface area contributed by atoms with Crippen LogP contribution in [0, 0.1) is 5.82 Å². The number of aromatic nitrogens is 2. The number of halogens is 2. The summed E-state index contributed by atoms with van der Waals surface area (Å²) in [4.78, 5) is 22.2. The molecule has 0 fully saturated rings. The maximum absolute atomic E-state index is 13.7. The third-order valence-electron chi connectivity index (χ3n) is 4.48. The number of hydrogen-bond acceptors (Lipinski definition) is 6. The summed E-state index contributed by atoms with van der Waals surface area (Å²) in [7, 11) is 0. The van der Waals surface area contributed by atoms with Gasteiger partial charge in [0.1, 0.15) is 5.82 Å². The zero-order valence-corrected chi connectivity index (χ0v) is 18.9. The maximum Gasteiger partial charge on any atom is 0.280 e. The van der Waals surface area contributed by atoms with E-state index in [1.165, 1.54) is 39.8 Å². The second kappa shape index (κ2) is 8.26. The monoisotopic (exact) mass is 510 g/mol. The van der Waals surface area contributed by atoms with E-state index in [9.17, 15) is 9.18 Å². The van der Waals surface area contributed by atoms with E-state index in [-0.39, 0.29) is 11.7 Å². The third kappa shape index (κ3) is 4.12. The minimum absolute atomic E-state index is 0.330. The summed E-state index contributed by atoms with van der Waals surface area (Å²) < 4.78 is 16.2. The van der Waals surface area contributed by atoms with Gasteiger partial charge in [-0.3, -0.25) is 4.79 Å². The van der Waals surface area contributed by atoms with Gasteiger partial charge in [-0.05, 0) is 54.1 Å². The fourth-order valence-electron chi connectivity index (χ4n) is 2.95. The Balaban J connectivity index is 1.57. The first-order chi connectivity index (χ1) is 15.1. The SMILES string of the molecule is O=C(c1ccc2ncsc2c1)N(/N=C/c1ccc(Br)cc1)c1nc2ccc(F)cc2s1. The van der Waals surface area contributed by atoms with Crippen molar-refractivity contribution in [2.24, 2.45) is 5.10 Å². The highest BCUT2D eigenvalue weighted by atomic mass is 79.9. The molecule has 0 aliphatic rings. The quantitative estimate of drug-likeness (QED) is 0.205. The topological polar surface area (TPSA) is 58.5 Å². The van der Waals surface area contributed by atoms with Crippen molar-refractivity contribution in [2.45, 2.75) is 0 Å². The van der Waals surface area contributed by atoms with E-state index in [0.717, 1.165) is 20.3 Å². The number of nitrogens with zero attached hydrogens (tertiary/aromatic N) is 4. The van der Waals surface area contributed by atoms with Gasteiger partial charge in [0.2, 0.25) is 5.13 Å². The van der Waals surface area contributed by atoms with Crippen molar-refractivity contribution in [3.8, 4) is 0 Å². The fourth-order valence-corrected chi connectivity index (χ4v) is 4.88. The van der Waals surface area contributed by atoms with Crippen molar-refractivity contribution >= 4 is 76.3 Å². The highest BCUT2D eigenvalue weighted by Crippen LogP contribution is 2.31. The molecule has 0 bridgehead atoms. The van der Waals surface area contributed by atoms with Gasteiger partial charge in [-0.15, -0.1) is 11.3 Å². The maximum atomic E-state index is 13.7. The summed E-state index contributed by atoms with van der Waals surface area (Å²) in [5.41, 5.74) is 4.48. The van der Waals surface area contributed by atoms with Crippen LogP contribution in [0.4, 0.5) is 9.52 Å². The summed E-state index contributed by atoms with van der Waals surface area (Å²) in [5, 5.41) is 6.06. The van der Waals surface area contributed by atoms with Gasteiger partial charge in [-0.1, -0.05) is 39.4 Å². The van der Waals surface area contributed by atoms with Gasteiger partial charge in [0.15, 0.2) is 0 Å². The summed E-state index contributed by atoms with van der Waals surface area (Å²) in [6.45, 7) is 0. The number of benzene rings is 3. The molecule has 0 unspecified atom stereocenters. The molecule has 9 heteroatoms. The van der Waals surface area contributed by atoms with Gasteiger partial charge in [-0.25, -0.2) is 14.4 Å². The van der Waals surface area contributed by atoms with Crippen molar-refractivity contribution < 1.29 is 9.18 Å². The van der Waals surface area contributed by atoms with E-state index in [2.05, 4.69) is 31.0 Å². The standard InChI is InChI=1S/C22H12BrFN4OS2/c23-15-4-1-13(2-5-15)11-26-28(22-27-18-8-6-16(24)10-20(18)31-22)21(29)14-3-7-17-19(9-14)30-12-25-17/h1-12H/b26-11+. The van der Waals surface area contributed by atoms with Crippen LogP contribution in [0.1, 0.15) is 15.9 Å². The molecule has 5 aromatic rings. The fraction of sp³-hybridized carbons (Fsp3) is 0. The molecule has 1 amide bonds. The smallest absolute Gasteiger partial charge is 0.267 e. The Labute approximate surface area is 192 Å². The zero-order valence-electron chi connectivity index (χ0n) is 15.7. The van der Waals surface area contributed by atoms with Crippen LogP contribution in [0.25, 0.3) is 20.4 Å². The van der Waals surface area contributed by atoms with E-state index >= 15 is 0 Å². The number of hydrogen-bond donors (Lipinski definition) is 0. The van der Waals surface area contributed by atoms with E-state index in [1.807, 2.05) is 30.3 Å². The Morgan fingerprint density at radius 2 is 1.84 bits per heavy atom. The summed E-state index contributed by atoms with van der Waals surface area (Å²) in [6.07, 6.45) is 1.60. The molecule has 152 valence electrons. The van der Waals surface area contributed by atoms with Crippen LogP contribution in [-0.2, 0) is 0 Å². The lowest BCUT2D eigenvalue weighted by atomic mass is 10.2. The van der Waals surface area contributed by atoms with Crippen molar-refractivity contribution in [2.75, 3.05) is 5.01 Å². The molecular formula is C22H12BrFN4OS2. The second-order valence-electron chi connectivity index (χ2n) is 6.56. The lowest BCUT2D eigenvalue weighted by Gasteiger charge is -2.14. The lowest BCUT2D eigenvalue weighted by Crippen LogP contribution is -2.25. The molecule has 2 heterocycles.